The van der Waals surface area contributed by atoms with Gasteiger partial charge in [-0.15, -0.1) is 0 Å². The first-order chi connectivity index (χ1) is 11.4. The molecule has 1 aromatic heterocycles. The highest BCUT2D eigenvalue weighted by Crippen LogP contribution is 2.22. The molecule has 4 rings (SSSR count). The number of ether oxygens (including phenoxy) is 1. The van der Waals surface area contributed by atoms with E-state index in [9.17, 15) is 0 Å². The summed E-state index contributed by atoms with van der Waals surface area (Å²) in [7, 11) is 0. The molecule has 3 aliphatic heterocycles. The van der Waals surface area contributed by atoms with E-state index in [4.69, 9.17) is 9.72 Å². The van der Waals surface area contributed by atoms with Crippen molar-refractivity contribution in [2.24, 2.45) is 0 Å². The lowest BCUT2D eigenvalue weighted by Crippen LogP contribution is -2.36. The van der Waals surface area contributed by atoms with Crippen molar-refractivity contribution in [2.45, 2.75) is 31.3 Å². The van der Waals surface area contributed by atoms with Gasteiger partial charge in [-0.05, 0) is 25.3 Å². The zero-order chi connectivity index (χ0) is 15.5. The Balaban J connectivity index is 1.38. The Morgan fingerprint density at radius 3 is 2.96 bits per heavy atom. The quantitative estimate of drug-likeness (QED) is 0.850. The maximum atomic E-state index is 5.53. The summed E-state index contributed by atoms with van der Waals surface area (Å²) in [5.41, 5.74) is 0. The first kappa shape index (κ1) is 14.9. The number of aromatic nitrogens is 2. The summed E-state index contributed by atoms with van der Waals surface area (Å²) in [5, 5.41) is 3.49. The van der Waals surface area contributed by atoms with Gasteiger partial charge in [-0.1, -0.05) is 12.2 Å². The van der Waals surface area contributed by atoms with Crippen LogP contribution in [0.15, 0.2) is 24.4 Å². The first-order valence-corrected chi connectivity index (χ1v) is 8.70. The van der Waals surface area contributed by atoms with Crippen LogP contribution in [-0.2, 0) is 4.74 Å². The van der Waals surface area contributed by atoms with Gasteiger partial charge in [0.1, 0.15) is 5.82 Å². The zero-order valence-electron chi connectivity index (χ0n) is 13.5. The van der Waals surface area contributed by atoms with E-state index in [1.807, 2.05) is 12.3 Å². The standard InChI is InChI=1S/C17H25N5O/c1-2-9-21(8-1)15-6-10-22(12-15)17-18-7-5-16(20-17)19-14-4-3-11-23-13-14/h1-2,5,7,14-15H,3-4,6,8-13H2,(H,18,19,20)/t14-,15-/m1/s1. The van der Waals surface area contributed by atoms with Gasteiger partial charge < -0.3 is 15.0 Å². The van der Waals surface area contributed by atoms with Crippen LogP contribution < -0.4 is 10.2 Å². The minimum Gasteiger partial charge on any atom is -0.379 e. The highest BCUT2D eigenvalue weighted by atomic mass is 16.5. The van der Waals surface area contributed by atoms with Crippen molar-refractivity contribution in [1.82, 2.24) is 14.9 Å². The average Bonchev–Trinajstić information content (AvgIpc) is 3.28. The molecular formula is C17H25N5O. The summed E-state index contributed by atoms with van der Waals surface area (Å²) in [5.74, 6) is 1.76. The molecule has 0 unspecified atom stereocenters. The summed E-state index contributed by atoms with van der Waals surface area (Å²) in [4.78, 5) is 14.0. The zero-order valence-corrected chi connectivity index (χ0v) is 13.5. The maximum absolute atomic E-state index is 5.53. The van der Waals surface area contributed by atoms with E-state index >= 15 is 0 Å². The number of hydrogen-bond donors (Lipinski definition) is 1. The van der Waals surface area contributed by atoms with Crippen LogP contribution in [0, 0.1) is 0 Å². The minimum atomic E-state index is 0.369. The third kappa shape index (κ3) is 3.48. The molecule has 2 saturated heterocycles. The molecule has 0 spiro atoms. The van der Waals surface area contributed by atoms with Crippen molar-refractivity contribution in [1.29, 1.82) is 0 Å². The molecule has 6 heteroatoms. The minimum absolute atomic E-state index is 0.369. The summed E-state index contributed by atoms with van der Waals surface area (Å²) >= 11 is 0. The van der Waals surface area contributed by atoms with Gasteiger partial charge in [0.05, 0.1) is 12.6 Å². The second-order valence-corrected chi connectivity index (χ2v) is 6.61. The molecule has 3 aliphatic rings. The van der Waals surface area contributed by atoms with Gasteiger partial charge >= 0.3 is 0 Å². The van der Waals surface area contributed by atoms with E-state index in [2.05, 4.69) is 32.3 Å². The highest BCUT2D eigenvalue weighted by molar-refractivity contribution is 5.43. The normalized spacial score (nSPS) is 28.4. The topological polar surface area (TPSA) is 53.5 Å². The fourth-order valence-electron chi connectivity index (χ4n) is 3.66. The maximum Gasteiger partial charge on any atom is 0.227 e. The van der Waals surface area contributed by atoms with Crippen molar-refractivity contribution >= 4 is 11.8 Å². The number of rotatable bonds is 4. The molecule has 0 bridgehead atoms. The van der Waals surface area contributed by atoms with E-state index in [-0.39, 0.29) is 0 Å². The van der Waals surface area contributed by atoms with Crippen molar-refractivity contribution in [2.75, 3.05) is 49.6 Å². The Morgan fingerprint density at radius 1 is 1.22 bits per heavy atom. The molecule has 0 saturated carbocycles. The predicted molar refractivity (Wildman–Crippen MR) is 90.8 cm³/mol. The van der Waals surface area contributed by atoms with E-state index in [1.165, 1.54) is 6.42 Å². The Bertz CT molecular complexity index is 550. The van der Waals surface area contributed by atoms with Gasteiger partial charge in [0.25, 0.3) is 0 Å². The SMILES string of the molecule is C1=CCN([C@@H]2CCN(c3nccc(N[C@@H]4CCCOC4)n3)C2)C1. The second kappa shape index (κ2) is 6.84. The van der Waals surface area contributed by atoms with Crippen LogP contribution in [0.1, 0.15) is 19.3 Å². The summed E-state index contributed by atoms with van der Waals surface area (Å²) in [6.45, 7) is 5.89. The molecular weight excluding hydrogens is 290 g/mol. The first-order valence-electron chi connectivity index (χ1n) is 8.70. The van der Waals surface area contributed by atoms with Crippen molar-refractivity contribution < 1.29 is 4.74 Å². The van der Waals surface area contributed by atoms with Crippen LogP contribution in [0.3, 0.4) is 0 Å². The Morgan fingerprint density at radius 2 is 2.13 bits per heavy atom. The molecule has 1 aromatic rings. The lowest BCUT2D eigenvalue weighted by molar-refractivity contribution is 0.0875. The van der Waals surface area contributed by atoms with Gasteiger partial charge in [-0.2, -0.15) is 4.98 Å². The molecule has 0 aromatic carbocycles. The number of anilines is 2. The second-order valence-electron chi connectivity index (χ2n) is 6.61. The molecule has 2 atom stereocenters. The van der Waals surface area contributed by atoms with Crippen LogP contribution in [0.2, 0.25) is 0 Å². The molecule has 2 fully saturated rings. The van der Waals surface area contributed by atoms with Crippen LogP contribution in [0.25, 0.3) is 0 Å². The largest absolute Gasteiger partial charge is 0.379 e. The van der Waals surface area contributed by atoms with E-state index in [0.29, 0.717) is 12.1 Å². The summed E-state index contributed by atoms with van der Waals surface area (Å²) in [6.07, 6.45) is 9.84. The number of nitrogens with one attached hydrogen (secondary N) is 1. The van der Waals surface area contributed by atoms with Gasteiger partial charge in [0, 0.05) is 45.0 Å². The lowest BCUT2D eigenvalue weighted by atomic mass is 10.1. The Kier molecular flexibility index (Phi) is 4.43. The average molecular weight is 315 g/mol. The van der Waals surface area contributed by atoms with Crippen LogP contribution in [0.4, 0.5) is 11.8 Å². The monoisotopic (exact) mass is 315 g/mol. The number of nitrogens with zero attached hydrogens (tertiary/aromatic N) is 4. The van der Waals surface area contributed by atoms with Crippen molar-refractivity contribution in [3.8, 4) is 0 Å². The molecule has 124 valence electrons. The smallest absolute Gasteiger partial charge is 0.227 e. The summed E-state index contributed by atoms with van der Waals surface area (Å²) in [6, 6.07) is 2.95. The van der Waals surface area contributed by atoms with E-state index < -0.39 is 0 Å². The van der Waals surface area contributed by atoms with Crippen LogP contribution in [0.5, 0.6) is 0 Å². The Hall–Kier alpha value is -1.66. The molecule has 23 heavy (non-hydrogen) atoms. The van der Waals surface area contributed by atoms with E-state index in [0.717, 1.165) is 64.0 Å². The number of hydrogen-bond acceptors (Lipinski definition) is 6. The molecule has 0 aliphatic carbocycles. The fourth-order valence-corrected chi connectivity index (χ4v) is 3.66. The Labute approximate surface area is 137 Å². The summed E-state index contributed by atoms with van der Waals surface area (Å²) < 4.78 is 5.53. The van der Waals surface area contributed by atoms with Gasteiger partial charge in [0.15, 0.2) is 0 Å². The molecule has 1 N–H and O–H groups in total. The molecule has 0 radical (unpaired) electrons. The van der Waals surface area contributed by atoms with Crippen LogP contribution in [-0.4, -0.2) is 66.3 Å². The van der Waals surface area contributed by atoms with Crippen molar-refractivity contribution in [3.05, 3.63) is 24.4 Å². The molecule has 0 amide bonds. The highest BCUT2D eigenvalue weighted by Gasteiger charge is 2.29. The lowest BCUT2D eigenvalue weighted by Gasteiger charge is -2.25. The fraction of sp³-hybridized carbons (Fsp3) is 0.647. The molecule has 6 nitrogen and oxygen atoms in total. The predicted octanol–water partition coefficient (Wildman–Crippen LogP) is 1.52. The third-order valence-electron chi connectivity index (χ3n) is 4.96. The third-order valence-corrected chi connectivity index (χ3v) is 4.96. The van der Waals surface area contributed by atoms with Gasteiger partial charge in [-0.3, -0.25) is 4.90 Å². The van der Waals surface area contributed by atoms with Crippen LogP contribution >= 0.6 is 0 Å². The van der Waals surface area contributed by atoms with Gasteiger partial charge in [0.2, 0.25) is 5.95 Å². The molecule has 4 heterocycles. The van der Waals surface area contributed by atoms with E-state index in [1.54, 1.807) is 0 Å². The van der Waals surface area contributed by atoms with Gasteiger partial charge in [-0.25, -0.2) is 4.98 Å². The van der Waals surface area contributed by atoms with Crippen molar-refractivity contribution in [3.63, 3.8) is 0 Å².